The zero-order valence-corrected chi connectivity index (χ0v) is 19.2. The fourth-order valence-corrected chi connectivity index (χ4v) is 2.90. The van der Waals surface area contributed by atoms with Crippen LogP contribution >= 0.6 is 0 Å². The molecule has 1 fully saturated rings. The van der Waals surface area contributed by atoms with Crippen LogP contribution < -0.4 is 10.6 Å². The number of Topliss-reactive ketones (excluding diaryl/α,β-unsaturated/α-hetero) is 1. The van der Waals surface area contributed by atoms with E-state index in [1.165, 1.54) is 20.1 Å². The van der Waals surface area contributed by atoms with Crippen LogP contribution in [0.3, 0.4) is 0 Å². The zero-order chi connectivity index (χ0) is 24.1. The van der Waals surface area contributed by atoms with Gasteiger partial charge in [0.2, 0.25) is 11.7 Å². The molecule has 2 heterocycles. The second kappa shape index (κ2) is 10.7. The molecule has 0 unspecified atom stereocenters. The number of epoxide rings is 1. The Morgan fingerprint density at radius 2 is 1.88 bits per heavy atom. The van der Waals surface area contributed by atoms with Crippen LogP contribution in [0.4, 0.5) is 0 Å². The Morgan fingerprint density at radius 1 is 1.22 bits per heavy atom. The first kappa shape index (κ1) is 25.5. The van der Waals surface area contributed by atoms with Crippen molar-refractivity contribution in [2.24, 2.45) is 5.92 Å². The number of rotatable bonds is 12. The number of amides is 2. The fourth-order valence-electron chi connectivity index (χ4n) is 2.90. The third-order valence-electron chi connectivity index (χ3n) is 4.86. The number of carbonyl (C=O) groups excluding carboxylic acids is 4. The Labute approximate surface area is 186 Å². The highest BCUT2D eigenvalue weighted by Crippen LogP contribution is 2.30. The van der Waals surface area contributed by atoms with E-state index in [4.69, 9.17) is 18.7 Å². The van der Waals surface area contributed by atoms with Crippen LogP contribution in [0.5, 0.6) is 0 Å². The van der Waals surface area contributed by atoms with Crippen molar-refractivity contribution >= 4 is 23.6 Å². The molecule has 11 heteroatoms. The average molecular weight is 453 g/mol. The van der Waals surface area contributed by atoms with Crippen molar-refractivity contribution in [3.05, 3.63) is 17.5 Å². The number of aryl methyl sites for hydroxylation is 1. The molecule has 0 aromatic carbocycles. The third kappa shape index (κ3) is 6.86. The molecule has 1 saturated heterocycles. The summed E-state index contributed by atoms with van der Waals surface area (Å²) in [5.74, 6) is -1.81. The molecule has 1 aliphatic rings. The van der Waals surface area contributed by atoms with E-state index in [2.05, 4.69) is 15.8 Å². The van der Waals surface area contributed by atoms with Gasteiger partial charge in [-0.3, -0.25) is 14.4 Å². The summed E-state index contributed by atoms with van der Waals surface area (Å²) in [6.45, 7) is 8.67. The number of nitrogens with zero attached hydrogens (tertiary/aromatic N) is 1. The van der Waals surface area contributed by atoms with Gasteiger partial charge in [0, 0.05) is 13.2 Å². The second-order valence-corrected chi connectivity index (χ2v) is 8.47. The number of methoxy groups -OCH3 is 1. The zero-order valence-electron chi connectivity index (χ0n) is 19.2. The van der Waals surface area contributed by atoms with E-state index in [0.717, 1.165) is 0 Å². The fraction of sp³-hybridized carbons (Fsp3) is 0.667. The Kier molecular flexibility index (Phi) is 8.51. The van der Waals surface area contributed by atoms with Crippen molar-refractivity contribution in [1.82, 2.24) is 15.8 Å². The largest absolute Gasteiger partial charge is 0.453 e. The van der Waals surface area contributed by atoms with Gasteiger partial charge in [-0.2, -0.15) is 0 Å². The topological polar surface area (TPSA) is 149 Å². The van der Waals surface area contributed by atoms with Crippen molar-refractivity contribution in [2.75, 3.05) is 20.3 Å². The van der Waals surface area contributed by atoms with Crippen molar-refractivity contribution < 1.29 is 37.9 Å². The molecule has 0 bridgehead atoms. The smallest absolute Gasteiger partial charge is 0.329 e. The number of esters is 1. The van der Waals surface area contributed by atoms with Gasteiger partial charge in [0.1, 0.15) is 17.8 Å². The van der Waals surface area contributed by atoms with Gasteiger partial charge in [0.25, 0.3) is 5.91 Å². The maximum atomic E-state index is 12.6. The normalized spacial score (nSPS) is 20.2. The van der Waals surface area contributed by atoms with E-state index in [1.54, 1.807) is 13.8 Å². The summed E-state index contributed by atoms with van der Waals surface area (Å²) in [4.78, 5) is 50.1. The molecular formula is C21H31N3O8. The lowest BCUT2D eigenvalue weighted by Crippen LogP contribution is -2.53. The Balaban J connectivity index is 1.98. The SMILES string of the molecule is COC[C@H](NC(=O)c1cc(C)on1)C(=O)N[C@@H](C)C(=O)O[C@@H](CC(C)C)C(=O)[C@@]1(C)CO1. The van der Waals surface area contributed by atoms with Crippen molar-refractivity contribution in [2.45, 2.75) is 64.8 Å². The molecule has 178 valence electrons. The Bertz CT molecular complexity index is 846. The molecule has 0 saturated carbocycles. The van der Waals surface area contributed by atoms with E-state index in [9.17, 15) is 19.2 Å². The molecule has 32 heavy (non-hydrogen) atoms. The standard InChI is InChI=1S/C21H31N3O8/c1-11(2)7-16(17(25)21(5)10-30-21)31-20(28)13(4)22-19(27)15(9-29-6)23-18(26)14-8-12(3)32-24-14/h8,11,13,15-16H,7,9-10H2,1-6H3,(H,22,27)(H,23,26)/t13-,15-,16-,21+/m0/s1. The maximum absolute atomic E-state index is 12.6. The number of nitrogens with one attached hydrogen (secondary N) is 2. The van der Waals surface area contributed by atoms with Crippen LogP contribution in [0, 0.1) is 12.8 Å². The van der Waals surface area contributed by atoms with E-state index in [1.807, 2.05) is 13.8 Å². The number of ether oxygens (including phenoxy) is 3. The quantitative estimate of drug-likeness (QED) is 0.342. The minimum atomic E-state index is -1.09. The second-order valence-electron chi connectivity index (χ2n) is 8.47. The van der Waals surface area contributed by atoms with Crippen molar-refractivity contribution in [3.63, 3.8) is 0 Å². The lowest BCUT2D eigenvalue weighted by atomic mass is 9.95. The van der Waals surface area contributed by atoms with Gasteiger partial charge in [-0.05, 0) is 33.1 Å². The van der Waals surface area contributed by atoms with Crippen LogP contribution in [0.25, 0.3) is 0 Å². The van der Waals surface area contributed by atoms with E-state index in [0.29, 0.717) is 12.2 Å². The summed E-state index contributed by atoms with van der Waals surface area (Å²) in [5.41, 5.74) is -0.922. The Morgan fingerprint density at radius 3 is 2.38 bits per heavy atom. The molecule has 0 aliphatic carbocycles. The summed E-state index contributed by atoms with van der Waals surface area (Å²) in [7, 11) is 1.37. The minimum absolute atomic E-state index is 0.00897. The van der Waals surface area contributed by atoms with E-state index < -0.39 is 41.6 Å². The maximum Gasteiger partial charge on any atom is 0.329 e. The first-order chi connectivity index (χ1) is 15.0. The summed E-state index contributed by atoms with van der Waals surface area (Å²) in [6, 6.07) is -0.734. The number of aromatic nitrogens is 1. The highest BCUT2D eigenvalue weighted by molar-refractivity contribution is 5.97. The van der Waals surface area contributed by atoms with Crippen molar-refractivity contribution in [1.29, 1.82) is 0 Å². The molecule has 11 nitrogen and oxygen atoms in total. The van der Waals surface area contributed by atoms with E-state index in [-0.39, 0.29) is 30.6 Å². The molecule has 0 radical (unpaired) electrons. The minimum Gasteiger partial charge on any atom is -0.453 e. The summed E-state index contributed by atoms with van der Waals surface area (Å²) in [5, 5.41) is 8.57. The predicted molar refractivity (Wildman–Crippen MR) is 111 cm³/mol. The van der Waals surface area contributed by atoms with Crippen LogP contribution in [-0.2, 0) is 28.6 Å². The van der Waals surface area contributed by atoms with Gasteiger partial charge in [-0.15, -0.1) is 0 Å². The summed E-state index contributed by atoms with van der Waals surface area (Å²) < 4.78 is 20.5. The van der Waals surface area contributed by atoms with Gasteiger partial charge < -0.3 is 29.4 Å². The molecule has 1 aromatic rings. The average Bonchev–Trinajstić information content (AvgIpc) is 3.32. The molecule has 1 aromatic heterocycles. The first-order valence-electron chi connectivity index (χ1n) is 10.4. The van der Waals surface area contributed by atoms with Gasteiger partial charge in [0.05, 0.1) is 13.2 Å². The number of carbonyl (C=O) groups is 4. The molecule has 2 amide bonds. The summed E-state index contributed by atoms with van der Waals surface area (Å²) >= 11 is 0. The molecule has 2 rings (SSSR count). The number of ketones is 1. The van der Waals surface area contributed by atoms with Gasteiger partial charge >= 0.3 is 5.97 Å². The van der Waals surface area contributed by atoms with Crippen LogP contribution in [0.15, 0.2) is 10.6 Å². The molecule has 0 spiro atoms. The molecule has 4 atom stereocenters. The number of hydrogen-bond donors (Lipinski definition) is 2. The highest BCUT2D eigenvalue weighted by Gasteiger charge is 2.51. The molecular weight excluding hydrogens is 422 g/mol. The lowest BCUT2D eigenvalue weighted by Gasteiger charge is -2.24. The Hall–Kier alpha value is -2.79. The molecule has 1 aliphatic heterocycles. The highest BCUT2D eigenvalue weighted by atomic mass is 16.6. The predicted octanol–water partition coefficient (Wildman–Crippen LogP) is 0.548. The third-order valence-corrected chi connectivity index (χ3v) is 4.86. The van der Waals surface area contributed by atoms with Gasteiger partial charge in [0.15, 0.2) is 17.4 Å². The van der Waals surface area contributed by atoms with E-state index >= 15 is 0 Å². The lowest BCUT2D eigenvalue weighted by molar-refractivity contribution is -0.160. The first-order valence-corrected chi connectivity index (χ1v) is 10.4. The number of hydrogen-bond acceptors (Lipinski definition) is 9. The van der Waals surface area contributed by atoms with Gasteiger partial charge in [-0.1, -0.05) is 19.0 Å². The summed E-state index contributed by atoms with van der Waals surface area (Å²) in [6.07, 6.45) is -0.636. The van der Waals surface area contributed by atoms with Gasteiger partial charge in [-0.25, -0.2) is 4.79 Å². The molecule has 2 N–H and O–H groups in total. The van der Waals surface area contributed by atoms with Crippen LogP contribution in [0.1, 0.15) is 50.4 Å². The van der Waals surface area contributed by atoms with Crippen molar-refractivity contribution in [3.8, 4) is 0 Å². The van der Waals surface area contributed by atoms with Crippen LogP contribution in [-0.4, -0.2) is 72.8 Å². The monoisotopic (exact) mass is 453 g/mol. The van der Waals surface area contributed by atoms with Crippen LogP contribution in [0.2, 0.25) is 0 Å².